The molecule has 0 radical (unpaired) electrons. The topological polar surface area (TPSA) is 125 Å². The lowest BCUT2D eigenvalue weighted by Crippen LogP contribution is -2.10. The van der Waals surface area contributed by atoms with Gasteiger partial charge in [-0.25, -0.2) is 0 Å². The Bertz CT molecular complexity index is 2280. The number of aliphatic hydroxyl groups is 4. The van der Waals surface area contributed by atoms with E-state index in [2.05, 4.69) is 132 Å². The number of aryl methyl sites for hydroxylation is 4. The number of nitrogens with zero attached hydrogens (tertiary/aromatic N) is 1. The summed E-state index contributed by atoms with van der Waals surface area (Å²) < 4.78 is 0. The molecule has 0 aliphatic carbocycles. The quantitative estimate of drug-likeness (QED) is 0.0540. The Morgan fingerprint density at radius 1 is 0.390 bits per heavy atom. The van der Waals surface area contributed by atoms with E-state index < -0.39 is 0 Å². The highest BCUT2D eigenvalue weighted by atomic mass is 16.3. The molecule has 7 aromatic rings. The van der Waals surface area contributed by atoms with Crippen LogP contribution in [-0.2, 0) is 52.1 Å². The molecule has 59 heavy (non-hydrogen) atoms. The molecule has 0 heterocycles. The maximum Gasteiger partial charge on any atom is 0.126 e. The number of aromatic hydroxyl groups is 2. The van der Waals surface area contributed by atoms with Gasteiger partial charge in [-0.15, -0.1) is 0 Å². The molecule has 0 aromatic heterocycles. The fraction of sp³-hybridized carbons (Fsp3) is 0.154. The third kappa shape index (κ3) is 9.80. The lowest BCUT2D eigenvalue weighted by molar-refractivity contribution is 0.263. The molecular formula is C52H49NO6. The molecule has 0 saturated heterocycles. The van der Waals surface area contributed by atoms with Crippen LogP contribution in [0.25, 0.3) is 11.6 Å². The maximum atomic E-state index is 10.3. The van der Waals surface area contributed by atoms with Gasteiger partial charge in [-0.05, 0) is 137 Å². The summed E-state index contributed by atoms with van der Waals surface area (Å²) >= 11 is 0. The van der Waals surface area contributed by atoms with Crippen molar-refractivity contribution in [1.82, 2.24) is 0 Å². The first kappa shape index (κ1) is 40.7. The largest absolute Gasteiger partial charge is 0.507 e. The van der Waals surface area contributed by atoms with Crippen molar-refractivity contribution in [2.45, 2.75) is 52.1 Å². The minimum atomic E-state index is -0.300. The number of phenols is 2. The first-order valence-corrected chi connectivity index (χ1v) is 19.9. The third-order valence-electron chi connectivity index (χ3n) is 10.8. The van der Waals surface area contributed by atoms with Gasteiger partial charge in [-0.2, -0.15) is 0 Å². The van der Waals surface area contributed by atoms with Gasteiger partial charge in [0.15, 0.2) is 0 Å². The summed E-state index contributed by atoms with van der Waals surface area (Å²) in [5.74, 6) is -0.113. The van der Waals surface area contributed by atoms with E-state index >= 15 is 0 Å². The van der Waals surface area contributed by atoms with Crippen LogP contribution < -0.4 is 4.90 Å². The minimum Gasteiger partial charge on any atom is -0.507 e. The van der Waals surface area contributed by atoms with Crippen LogP contribution in [-0.4, -0.2) is 30.6 Å². The number of hydrogen-bond acceptors (Lipinski definition) is 7. The van der Waals surface area contributed by atoms with E-state index in [1.165, 1.54) is 0 Å². The highest BCUT2D eigenvalue weighted by Gasteiger charge is 2.15. The molecule has 7 rings (SSSR count). The summed E-state index contributed by atoms with van der Waals surface area (Å²) in [4.78, 5) is 2.23. The Morgan fingerprint density at radius 3 is 1.05 bits per heavy atom. The van der Waals surface area contributed by atoms with Crippen molar-refractivity contribution in [3.05, 3.63) is 219 Å². The predicted octanol–water partition coefficient (Wildman–Crippen LogP) is 9.70. The van der Waals surface area contributed by atoms with Crippen LogP contribution in [0.2, 0.25) is 0 Å². The van der Waals surface area contributed by atoms with Crippen LogP contribution in [0, 0.1) is 0 Å². The first-order chi connectivity index (χ1) is 28.9. The van der Waals surface area contributed by atoms with E-state index in [9.17, 15) is 30.6 Å². The van der Waals surface area contributed by atoms with Crippen molar-refractivity contribution >= 4 is 28.7 Å². The van der Waals surface area contributed by atoms with E-state index in [-0.39, 0.29) is 37.9 Å². The van der Waals surface area contributed by atoms with Crippen molar-refractivity contribution in [2.24, 2.45) is 0 Å². The average Bonchev–Trinajstić information content (AvgIpc) is 3.29. The number of hydrogen-bond donors (Lipinski definition) is 6. The highest BCUT2D eigenvalue weighted by molar-refractivity contribution is 5.91. The van der Waals surface area contributed by atoms with Gasteiger partial charge >= 0.3 is 0 Å². The zero-order valence-corrected chi connectivity index (χ0v) is 32.9. The number of anilines is 3. The second-order valence-corrected chi connectivity index (χ2v) is 14.7. The van der Waals surface area contributed by atoms with Crippen molar-refractivity contribution in [3.63, 3.8) is 0 Å². The Labute approximate surface area is 345 Å². The molecule has 7 nitrogen and oxygen atoms in total. The van der Waals surface area contributed by atoms with Crippen molar-refractivity contribution in [2.75, 3.05) is 4.90 Å². The predicted molar refractivity (Wildman–Crippen MR) is 236 cm³/mol. The van der Waals surface area contributed by atoms with Crippen LogP contribution in [0.5, 0.6) is 11.5 Å². The maximum absolute atomic E-state index is 10.3. The van der Waals surface area contributed by atoms with Crippen LogP contribution in [0.1, 0.15) is 61.2 Å². The van der Waals surface area contributed by atoms with Gasteiger partial charge in [0.1, 0.15) is 11.5 Å². The van der Waals surface area contributed by atoms with Gasteiger partial charge in [0.25, 0.3) is 0 Å². The van der Waals surface area contributed by atoms with Gasteiger partial charge in [-0.3, -0.25) is 0 Å². The Kier molecular flexibility index (Phi) is 13.3. The Morgan fingerprint density at radius 2 is 0.712 bits per heavy atom. The van der Waals surface area contributed by atoms with Crippen molar-refractivity contribution < 1.29 is 30.6 Å². The monoisotopic (exact) mass is 783 g/mol. The molecule has 0 atom stereocenters. The van der Waals surface area contributed by atoms with Crippen molar-refractivity contribution in [3.8, 4) is 11.5 Å². The normalized spacial score (nSPS) is 11.1. The fourth-order valence-corrected chi connectivity index (χ4v) is 7.54. The van der Waals surface area contributed by atoms with Gasteiger partial charge < -0.3 is 35.5 Å². The third-order valence-corrected chi connectivity index (χ3v) is 10.8. The van der Waals surface area contributed by atoms with E-state index in [4.69, 9.17) is 0 Å². The van der Waals surface area contributed by atoms with Crippen LogP contribution in [0.4, 0.5) is 17.1 Å². The molecule has 0 aliphatic heterocycles. The zero-order chi connectivity index (χ0) is 41.1. The number of benzene rings is 7. The van der Waals surface area contributed by atoms with E-state index in [1.807, 2.05) is 12.1 Å². The fourth-order valence-electron chi connectivity index (χ4n) is 7.54. The summed E-state index contributed by atoms with van der Waals surface area (Å²) in [6.45, 7) is -1.20. The summed E-state index contributed by atoms with van der Waals surface area (Å²) in [5.41, 5.74) is 13.3. The summed E-state index contributed by atoms with van der Waals surface area (Å²) in [6.07, 6.45) is 5.07. The van der Waals surface area contributed by atoms with Crippen LogP contribution in [0.3, 0.4) is 0 Å². The Hall–Kier alpha value is -6.48. The molecule has 7 aromatic carbocycles. The summed E-state index contributed by atoms with van der Waals surface area (Å²) in [5, 5.41) is 59.5. The standard InChI is InChI=1S/C52H49NO6/c54-32-43-27-39(28-44(33-55)51(43)58)13-11-36-15-21-47(22-16-36)53(48-23-17-37(18-24-48)12-14-40-29-45(34-56)52(59)46(30-40)35-57)49-25-19-38(20-26-49)31-50(41-7-3-1-4-8-41)42-9-5-2-6-10-42/h1-10,15-31,54-59H,11-14,32-35H2. The lowest BCUT2D eigenvalue weighted by atomic mass is 9.95. The number of rotatable bonds is 16. The molecule has 0 aliphatic rings. The van der Waals surface area contributed by atoms with Gasteiger partial charge in [0, 0.05) is 39.3 Å². The molecule has 0 bridgehead atoms. The minimum absolute atomic E-state index is 0.0567. The summed E-state index contributed by atoms with van der Waals surface area (Å²) in [7, 11) is 0. The van der Waals surface area contributed by atoms with E-state index in [0.717, 1.165) is 74.4 Å². The molecule has 0 saturated carbocycles. The van der Waals surface area contributed by atoms with Crippen LogP contribution in [0.15, 0.2) is 158 Å². The van der Waals surface area contributed by atoms with E-state index in [0.29, 0.717) is 35.1 Å². The second kappa shape index (κ2) is 19.3. The van der Waals surface area contributed by atoms with Crippen molar-refractivity contribution in [1.29, 1.82) is 0 Å². The Balaban J connectivity index is 1.17. The zero-order valence-electron chi connectivity index (χ0n) is 32.9. The van der Waals surface area contributed by atoms with Gasteiger partial charge in [-0.1, -0.05) is 97.1 Å². The smallest absolute Gasteiger partial charge is 0.126 e. The molecule has 0 fully saturated rings. The summed E-state index contributed by atoms with van der Waals surface area (Å²) in [6, 6.07) is 53.6. The second-order valence-electron chi connectivity index (χ2n) is 14.7. The lowest BCUT2D eigenvalue weighted by Gasteiger charge is -2.26. The van der Waals surface area contributed by atoms with E-state index in [1.54, 1.807) is 24.3 Å². The molecule has 0 unspecified atom stereocenters. The molecule has 0 spiro atoms. The molecular weight excluding hydrogens is 735 g/mol. The molecule has 6 N–H and O–H groups in total. The van der Waals surface area contributed by atoms with Crippen LogP contribution >= 0.6 is 0 Å². The van der Waals surface area contributed by atoms with Gasteiger partial charge in [0.2, 0.25) is 0 Å². The van der Waals surface area contributed by atoms with Gasteiger partial charge in [0.05, 0.1) is 26.4 Å². The highest BCUT2D eigenvalue weighted by Crippen LogP contribution is 2.36. The molecule has 298 valence electrons. The molecule has 0 amide bonds. The first-order valence-electron chi connectivity index (χ1n) is 19.9. The SMILES string of the molecule is OCc1cc(CCc2ccc(N(c3ccc(C=C(c4ccccc4)c4ccccc4)cc3)c3ccc(CCc4cc(CO)c(O)c(CO)c4)cc3)cc2)cc(CO)c1O. The number of aliphatic hydroxyl groups excluding tert-OH is 4. The molecule has 7 heteroatoms. The average molecular weight is 784 g/mol.